The third-order valence-corrected chi connectivity index (χ3v) is 6.06. The number of aryl methyl sites for hydroxylation is 3. The van der Waals surface area contributed by atoms with Crippen molar-refractivity contribution in [2.24, 2.45) is 0 Å². The highest BCUT2D eigenvalue weighted by Gasteiger charge is 2.28. The monoisotopic (exact) mass is 415 g/mol. The van der Waals surface area contributed by atoms with E-state index < -0.39 is 22.0 Å². The zero-order chi connectivity index (χ0) is 18.1. The van der Waals surface area contributed by atoms with Crippen molar-refractivity contribution in [2.45, 2.75) is 38.6 Å². The first-order chi connectivity index (χ1) is 11.1. The average molecular weight is 416 g/mol. The summed E-state index contributed by atoms with van der Waals surface area (Å²) in [6.07, 6.45) is 0. The molecule has 0 aliphatic carbocycles. The number of nitrogens with one attached hydrogen (secondary N) is 2. The number of amides is 1. The van der Waals surface area contributed by atoms with E-state index in [1.165, 1.54) is 20.8 Å². The number of rotatable bonds is 5. The Morgan fingerprint density at radius 2 is 1.96 bits per heavy atom. The summed E-state index contributed by atoms with van der Waals surface area (Å²) in [5.41, 5.74) is 1.79. The number of nitrogens with zero attached hydrogens (tertiary/aromatic N) is 1. The molecule has 1 atom stereocenters. The summed E-state index contributed by atoms with van der Waals surface area (Å²) in [7, 11) is -3.90. The number of carbonyl (C=O) groups is 1. The fourth-order valence-corrected chi connectivity index (χ4v) is 3.96. The van der Waals surface area contributed by atoms with Gasteiger partial charge in [-0.05, 0) is 51.5 Å². The predicted octanol–water partition coefficient (Wildman–Crippen LogP) is 2.67. The summed E-state index contributed by atoms with van der Waals surface area (Å²) >= 11 is 3.38. The van der Waals surface area contributed by atoms with E-state index in [2.05, 4.69) is 31.1 Å². The number of benzene rings is 1. The summed E-state index contributed by atoms with van der Waals surface area (Å²) in [6, 6.07) is 4.36. The van der Waals surface area contributed by atoms with Crippen LogP contribution in [0, 0.1) is 20.8 Å². The van der Waals surface area contributed by atoms with E-state index in [0.29, 0.717) is 5.69 Å². The molecule has 24 heavy (non-hydrogen) atoms. The molecule has 0 bridgehead atoms. The Morgan fingerprint density at radius 1 is 1.29 bits per heavy atom. The number of halogens is 1. The van der Waals surface area contributed by atoms with Gasteiger partial charge in [0.25, 0.3) is 0 Å². The van der Waals surface area contributed by atoms with Gasteiger partial charge >= 0.3 is 0 Å². The number of hydrogen-bond acceptors (Lipinski definition) is 5. The number of hydrogen-bond donors (Lipinski definition) is 2. The van der Waals surface area contributed by atoms with E-state index in [-0.39, 0.29) is 16.3 Å². The van der Waals surface area contributed by atoms with Crippen LogP contribution in [-0.4, -0.2) is 25.5 Å². The van der Waals surface area contributed by atoms with Crippen molar-refractivity contribution in [1.29, 1.82) is 0 Å². The molecule has 0 radical (unpaired) electrons. The average Bonchev–Trinajstić information content (AvgIpc) is 2.82. The molecule has 0 spiro atoms. The molecule has 2 N–H and O–H groups in total. The van der Waals surface area contributed by atoms with Gasteiger partial charge in [-0.3, -0.25) is 4.79 Å². The first kappa shape index (κ1) is 18.6. The lowest BCUT2D eigenvalue weighted by atomic mass is 10.2. The third-order valence-electron chi connectivity index (χ3n) is 3.39. The van der Waals surface area contributed by atoms with Crippen LogP contribution in [0.1, 0.15) is 23.9 Å². The molecule has 1 heterocycles. The first-order valence-corrected chi connectivity index (χ1v) is 9.41. The number of anilines is 1. The lowest BCUT2D eigenvalue weighted by molar-refractivity contribution is -0.117. The molecule has 0 saturated carbocycles. The Labute approximate surface area is 149 Å². The van der Waals surface area contributed by atoms with Crippen molar-refractivity contribution in [3.63, 3.8) is 0 Å². The highest BCUT2D eigenvalue weighted by Crippen LogP contribution is 2.21. The molecule has 0 aliphatic heterocycles. The molecule has 0 fully saturated rings. The number of sulfonamides is 1. The maximum atomic E-state index is 12.4. The largest absolute Gasteiger partial charge is 0.360 e. The van der Waals surface area contributed by atoms with Gasteiger partial charge in [-0.25, -0.2) is 8.42 Å². The van der Waals surface area contributed by atoms with Crippen LogP contribution in [0.5, 0.6) is 0 Å². The van der Waals surface area contributed by atoms with Gasteiger partial charge in [-0.1, -0.05) is 21.1 Å². The van der Waals surface area contributed by atoms with Crippen molar-refractivity contribution in [3.05, 3.63) is 39.7 Å². The molecule has 0 aliphatic rings. The van der Waals surface area contributed by atoms with Gasteiger partial charge in [0.1, 0.15) is 10.6 Å². The molecule has 9 heteroatoms. The SMILES string of the molecule is Cc1cc(NC(=O)[C@H](C)NS(=O)(=O)c2c(C)noc2C)ccc1Br. The molecular formula is C15H18BrN3O4S. The molecule has 1 aromatic carbocycles. The van der Waals surface area contributed by atoms with E-state index >= 15 is 0 Å². The van der Waals surface area contributed by atoms with E-state index in [4.69, 9.17) is 4.52 Å². The van der Waals surface area contributed by atoms with Gasteiger partial charge in [-0.15, -0.1) is 0 Å². The van der Waals surface area contributed by atoms with Crippen LogP contribution < -0.4 is 10.0 Å². The summed E-state index contributed by atoms with van der Waals surface area (Å²) in [5, 5.41) is 6.30. The van der Waals surface area contributed by atoms with Crippen molar-refractivity contribution >= 4 is 37.5 Å². The summed E-state index contributed by atoms with van der Waals surface area (Å²) in [6.45, 7) is 6.39. The molecule has 0 saturated heterocycles. The minimum Gasteiger partial charge on any atom is -0.360 e. The zero-order valence-electron chi connectivity index (χ0n) is 13.7. The molecule has 0 unspecified atom stereocenters. The van der Waals surface area contributed by atoms with Crippen molar-refractivity contribution in [3.8, 4) is 0 Å². The molecular weight excluding hydrogens is 398 g/mol. The fraction of sp³-hybridized carbons (Fsp3) is 0.333. The molecule has 1 aromatic heterocycles. The molecule has 130 valence electrons. The zero-order valence-corrected chi connectivity index (χ0v) is 16.1. The van der Waals surface area contributed by atoms with Crippen LogP contribution in [0.4, 0.5) is 5.69 Å². The van der Waals surface area contributed by atoms with Crippen LogP contribution >= 0.6 is 15.9 Å². The third kappa shape index (κ3) is 4.03. The Morgan fingerprint density at radius 3 is 2.50 bits per heavy atom. The second-order valence-electron chi connectivity index (χ2n) is 5.45. The van der Waals surface area contributed by atoms with Gasteiger partial charge in [0.2, 0.25) is 15.9 Å². The number of carbonyl (C=O) groups excluding carboxylic acids is 1. The highest BCUT2D eigenvalue weighted by molar-refractivity contribution is 9.10. The van der Waals surface area contributed by atoms with Crippen LogP contribution in [-0.2, 0) is 14.8 Å². The minimum atomic E-state index is -3.90. The Hall–Kier alpha value is -1.71. The van der Waals surface area contributed by atoms with Gasteiger partial charge in [0, 0.05) is 10.2 Å². The van der Waals surface area contributed by atoms with Crippen molar-refractivity contribution in [2.75, 3.05) is 5.32 Å². The van der Waals surface area contributed by atoms with E-state index in [1.807, 2.05) is 13.0 Å². The topological polar surface area (TPSA) is 101 Å². The quantitative estimate of drug-likeness (QED) is 0.781. The van der Waals surface area contributed by atoms with Crippen molar-refractivity contribution in [1.82, 2.24) is 9.88 Å². The van der Waals surface area contributed by atoms with E-state index in [9.17, 15) is 13.2 Å². The fourth-order valence-electron chi connectivity index (χ4n) is 2.18. The molecule has 7 nitrogen and oxygen atoms in total. The van der Waals surface area contributed by atoms with E-state index in [1.54, 1.807) is 12.1 Å². The second-order valence-corrected chi connectivity index (χ2v) is 7.95. The lowest BCUT2D eigenvalue weighted by Crippen LogP contribution is -2.41. The second kappa shape index (κ2) is 7.04. The minimum absolute atomic E-state index is 0.0402. The van der Waals surface area contributed by atoms with Crippen LogP contribution in [0.3, 0.4) is 0 Å². The van der Waals surface area contributed by atoms with Gasteiger partial charge < -0.3 is 9.84 Å². The van der Waals surface area contributed by atoms with Crippen LogP contribution in [0.25, 0.3) is 0 Å². The molecule has 2 rings (SSSR count). The maximum Gasteiger partial charge on any atom is 0.246 e. The Balaban J connectivity index is 2.12. The highest BCUT2D eigenvalue weighted by atomic mass is 79.9. The maximum absolute atomic E-state index is 12.4. The smallest absolute Gasteiger partial charge is 0.246 e. The molecule has 2 aromatic rings. The van der Waals surface area contributed by atoms with Crippen LogP contribution in [0.2, 0.25) is 0 Å². The standard InChI is InChI=1S/C15H18BrN3O4S/c1-8-7-12(5-6-13(8)16)17-15(20)10(3)19-24(21,22)14-9(2)18-23-11(14)4/h5-7,10,19H,1-4H3,(H,17,20)/t10-/m0/s1. The van der Waals surface area contributed by atoms with Gasteiger partial charge in [-0.2, -0.15) is 4.72 Å². The summed E-state index contributed by atoms with van der Waals surface area (Å²) in [5.74, 6) is -0.289. The van der Waals surface area contributed by atoms with E-state index in [0.717, 1.165) is 10.0 Å². The first-order valence-electron chi connectivity index (χ1n) is 7.14. The number of aromatic nitrogens is 1. The molecule has 1 amide bonds. The summed E-state index contributed by atoms with van der Waals surface area (Å²) in [4.78, 5) is 12.2. The Bertz CT molecular complexity index is 857. The van der Waals surface area contributed by atoms with Crippen LogP contribution in [0.15, 0.2) is 32.1 Å². The lowest BCUT2D eigenvalue weighted by Gasteiger charge is -2.14. The normalized spacial score (nSPS) is 12.9. The van der Waals surface area contributed by atoms with Gasteiger partial charge in [0.05, 0.1) is 6.04 Å². The predicted molar refractivity (Wildman–Crippen MR) is 93.3 cm³/mol. The summed E-state index contributed by atoms with van der Waals surface area (Å²) < 4.78 is 32.9. The van der Waals surface area contributed by atoms with Gasteiger partial charge in [0.15, 0.2) is 5.76 Å². The Kier molecular flexibility index (Phi) is 5.46. The van der Waals surface area contributed by atoms with Crippen molar-refractivity contribution < 1.29 is 17.7 Å².